The summed E-state index contributed by atoms with van der Waals surface area (Å²) in [5.74, 6) is -0.267. The third kappa shape index (κ3) is 3.46. The summed E-state index contributed by atoms with van der Waals surface area (Å²) in [5, 5.41) is 16.5. The zero-order chi connectivity index (χ0) is 25.0. The molecule has 3 aromatic rings. The Labute approximate surface area is 221 Å². The summed E-state index contributed by atoms with van der Waals surface area (Å²) >= 11 is 9.57. The molecule has 0 unspecified atom stereocenters. The molecule has 1 spiro atoms. The summed E-state index contributed by atoms with van der Waals surface area (Å²) in [7, 11) is 0. The molecule has 9 heteroatoms. The van der Waals surface area contributed by atoms with Crippen molar-refractivity contribution < 1.29 is 14.5 Å². The number of halogens is 2. The van der Waals surface area contributed by atoms with Crippen molar-refractivity contribution in [2.24, 2.45) is 0 Å². The van der Waals surface area contributed by atoms with Gasteiger partial charge in [-0.25, -0.2) is 0 Å². The van der Waals surface area contributed by atoms with Crippen molar-refractivity contribution in [2.75, 3.05) is 11.9 Å². The fraction of sp³-hybridized carbons (Fsp3) is 0.296. The van der Waals surface area contributed by atoms with Gasteiger partial charge in [-0.05, 0) is 54.8 Å². The maximum Gasteiger partial charge on any atom is 0.256 e. The van der Waals surface area contributed by atoms with Crippen molar-refractivity contribution in [1.82, 2.24) is 4.90 Å². The smallest absolute Gasteiger partial charge is 0.256 e. The molecule has 1 N–H and O–H groups in total. The van der Waals surface area contributed by atoms with E-state index in [1.807, 2.05) is 54.6 Å². The van der Waals surface area contributed by atoms with E-state index in [9.17, 15) is 14.9 Å². The van der Waals surface area contributed by atoms with Gasteiger partial charge in [0.2, 0.25) is 0 Å². The van der Waals surface area contributed by atoms with Gasteiger partial charge in [0.05, 0.1) is 5.92 Å². The van der Waals surface area contributed by atoms with Gasteiger partial charge < -0.3 is 10.1 Å². The molecule has 0 aliphatic carbocycles. The molecule has 3 aromatic carbocycles. The van der Waals surface area contributed by atoms with Crippen molar-refractivity contribution in [1.29, 1.82) is 0 Å². The molecule has 2 saturated heterocycles. The van der Waals surface area contributed by atoms with Gasteiger partial charge in [-0.1, -0.05) is 57.9 Å². The third-order valence-electron chi connectivity index (χ3n) is 7.73. The van der Waals surface area contributed by atoms with E-state index in [1.165, 1.54) is 0 Å². The van der Waals surface area contributed by atoms with Crippen LogP contribution in [-0.4, -0.2) is 34.4 Å². The molecule has 36 heavy (non-hydrogen) atoms. The number of para-hydroxylation sites is 1. The molecule has 3 aliphatic rings. The molecule has 184 valence electrons. The lowest BCUT2D eigenvalue weighted by Gasteiger charge is -2.32. The highest BCUT2D eigenvalue weighted by molar-refractivity contribution is 9.10. The summed E-state index contributed by atoms with van der Waals surface area (Å²) in [6, 6.07) is 19.0. The van der Waals surface area contributed by atoms with Crippen molar-refractivity contribution in [2.45, 2.75) is 43.0 Å². The molecule has 2 fully saturated rings. The fourth-order valence-corrected chi connectivity index (χ4v) is 6.91. The Balaban J connectivity index is 1.47. The molecule has 7 nitrogen and oxygen atoms in total. The van der Waals surface area contributed by atoms with Gasteiger partial charge in [0.25, 0.3) is 11.9 Å². The van der Waals surface area contributed by atoms with Crippen LogP contribution in [0.1, 0.15) is 35.4 Å². The lowest BCUT2D eigenvalue weighted by Crippen LogP contribution is -2.55. The number of rotatable bonds is 5. The van der Waals surface area contributed by atoms with Crippen LogP contribution in [0.25, 0.3) is 0 Å². The van der Waals surface area contributed by atoms with Gasteiger partial charge in [0.15, 0.2) is 5.54 Å². The molecule has 0 bridgehead atoms. The number of hydrogen-bond donors (Lipinski definition) is 1. The van der Waals surface area contributed by atoms with Crippen molar-refractivity contribution in [3.63, 3.8) is 0 Å². The van der Waals surface area contributed by atoms with Crippen LogP contribution in [0.3, 0.4) is 0 Å². The highest BCUT2D eigenvalue weighted by atomic mass is 79.9. The molecule has 0 radical (unpaired) electrons. The van der Waals surface area contributed by atoms with Crippen molar-refractivity contribution >= 4 is 39.1 Å². The predicted octanol–water partition coefficient (Wildman–Crippen LogP) is 5.74. The largest absolute Gasteiger partial charge is 0.489 e. The van der Waals surface area contributed by atoms with Gasteiger partial charge in [-0.3, -0.25) is 19.8 Å². The Bertz CT molecular complexity index is 1370. The highest BCUT2D eigenvalue weighted by Gasteiger charge is 2.73. The van der Waals surface area contributed by atoms with Crippen LogP contribution in [0.2, 0.25) is 5.02 Å². The number of anilines is 1. The highest BCUT2D eigenvalue weighted by Crippen LogP contribution is 2.59. The lowest BCUT2D eigenvalue weighted by molar-refractivity contribution is -0.534. The molecule has 1 amide bonds. The second-order valence-electron chi connectivity index (χ2n) is 9.52. The van der Waals surface area contributed by atoms with E-state index in [2.05, 4.69) is 26.1 Å². The first-order valence-corrected chi connectivity index (χ1v) is 13.1. The zero-order valence-corrected chi connectivity index (χ0v) is 21.5. The SMILES string of the molecule is O=C1Nc2ccccc2[C@]12[C@H]([N+](=O)[O-])[C@H](c1cc(Br)ccc1OCc1ccc(Cl)cc1)[C@@H]1CCCN12. The number of amides is 1. The minimum atomic E-state index is -1.36. The van der Waals surface area contributed by atoms with E-state index in [0.29, 0.717) is 35.2 Å². The van der Waals surface area contributed by atoms with Gasteiger partial charge in [0, 0.05) is 43.8 Å². The molecule has 3 heterocycles. The molecule has 0 saturated carbocycles. The van der Waals surface area contributed by atoms with Crippen LogP contribution >= 0.6 is 27.5 Å². The van der Waals surface area contributed by atoms with Crippen molar-refractivity contribution in [3.05, 3.63) is 103 Å². The average Bonchev–Trinajstić information content (AvgIpc) is 3.52. The maximum atomic E-state index is 13.7. The Kier molecular flexibility index (Phi) is 5.78. The lowest BCUT2D eigenvalue weighted by atomic mass is 9.77. The Morgan fingerprint density at radius 2 is 1.94 bits per heavy atom. The summed E-state index contributed by atoms with van der Waals surface area (Å²) in [5.41, 5.74) is 1.65. The molecule has 3 aliphatic heterocycles. The summed E-state index contributed by atoms with van der Waals surface area (Å²) in [6.45, 7) is 0.923. The number of nitro groups is 1. The van der Waals surface area contributed by atoms with Crippen LogP contribution in [-0.2, 0) is 16.9 Å². The first-order valence-electron chi connectivity index (χ1n) is 11.9. The summed E-state index contributed by atoms with van der Waals surface area (Å²) < 4.78 is 7.05. The quantitative estimate of drug-likeness (QED) is 0.314. The van der Waals surface area contributed by atoms with E-state index >= 15 is 0 Å². The number of benzene rings is 3. The zero-order valence-electron chi connectivity index (χ0n) is 19.2. The second kappa shape index (κ2) is 8.87. The van der Waals surface area contributed by atoms with Crippen LogP contribution < -0.4 is 10.1 Å². The standard InChI is InChI=1S/C27H23BrClN3O4/c28-17-9-12-23(36-15-16-7-10-18(29)11-8-16)19(14-17)24-22-6-3-13-31(22)27(25(24)32(34)35)20-4-1-2-5-21(20)30-26(27)33/h1-2,4-5,7-12,14,22,24-25H,3,6,13,15H2,(H,30,33)/t22-,24+,25+,27-/m0/s1. The molecule has 0 aromatic heterocycles. The van der Waals surface area contributed by atoms with Gasteiger partial charge >= 0.3 is 0 Å². The van der Waals surface area contributed by atoms with Gasteiger partial charge in [-0.15, -0.1) is 0 Å². The van der Waals surface area contributed by atoms with Gasteiger partial charge in [-0.2, -0.15) is 0 Å². The third-order valence-corrected chi connectivity index (χ3v) is 8.48. The number of fused-ring (bicyclic) bond motifs is 4. The number of carbonyl (C=O) groups is 1. The molecule has 4 atom stereocenters. The van der Waals surface area contributed by atoms with E-state index in [1.54, 1.807) is 12.1 Å². The topological polar surface area (TPSA) is 84.7 Å². The first kappa shape index (κ1) is 23.5. The minimum absolute atomic E-state index is 0.163. The summed E-state index contributed by atoms with van der Waals surface area (Å²) in [6.07, 6.45) is 1.65. The second-order valence-corrected chi connectivity index (χ2v) is 10.9. The van der Waals surface area contributed by atoms with Crippen LogP contribution in [0.4, 0.5) is 5.69 Å². The van der Waals surface area contributed by atoms with E-state index in [0.717, 1.165) is 28.4 Å². The van der Waals surface area contributed by atoms with Crippen LogP contribution in [0.5, 0.6) is 5.75 Å². The Hall–Kier alpha value is -2.94. The van der Waals surface area contributed by atoms with E-state index in [4.69, 9.17) is 16.3 Å². The van der Waals surface area contributed by atoms with Crippen LogP contribution in [0.15, 0.2) is 71.2 Å². The van der Waals surface area contributed by atoms with Crippen LogP contribution in [0, 0.1) is 10.1 Å². The fourth-order valence-electron chi connectivity index (χ4n) is 6.40. The summed E-state index contributed by atoms with van der Waals surface area (Å²) in [4.78, 5) is 28.4. The predicted molar refractivity (Wildman–Crippen MR) is 140 cm³/mol. The van der Waals surface area contributed by atoms with Crippen molar-refractivity contribution in [3.8, 4) is 5.75 Å². The van der Waals surface area contributed by atoms with Gasteiger partial charge in [0.1, 0.15) is 12.4 Å². The number of ether oxygens (including phenoxy) is 1. The number of nitrogens with one attached hydrogen (secondary N) is 1. The number of hydrogen-bond acceptors (Lipinski definition) is 5. The maximum absolute atomic E-state index is 13.7. The Morgan fingerprint density at radius 1 is 1.17 bits per heavy atom. The monoisotopic (exact) mass is 567 g/mol. The van der Waals surface area contributed by atoms with E-state index in [-0.39, 0.29) is 16.9 Å². The Morgan fingerprint density at radius 3 is 2.72 bits per heavy atom. The van der Waals surface area contributed by atoms with E-state index < -0.39 is 17.5 Å². The average molecular weight is 569 g/mol. The first-order chi connectivity index (χ1) is 17.4. The molecule has 6 rings (SSSR count). The molecular formula is C27H23BrClN3O4. The minimum Gasteiger partial charge on any atom is -0.489 e. The number of carbonyl (C=O) groups excluding carboxylic acids is 1. The number of nitrogens with zero attached hydrogens (tertiary/aromatic N) is 2. The molecular weight excluding hydrogens is 546 g/mol. The normalized spacial score (nSPS) is 26.6.